The van der Waals surface area contributed by atoms with Crippen LogP contribution >= 0.6 is 12.0 Å². The SMILES string of the molecule is COOSC(F)(F)C(F)CCOC(=O)C1CCCCC1. The van der Waals surface area contributed by atoms with Crippen molar-refractivity contribution in [2.24, 2.45) is 5.92 Å². The molecular formula is C12H19F3O4S. The lowest BCUT2D eigenvalue weighted by Crippen LogP contribution is -2.29. The molecule has 0 aromatic heterocycles. The fourth-order valence-electron chi connectivity index (χ4n) is 2.02. The molecule has 1 aliphatic rings. The summed E-state index contributed by atoms with van der Waals surface area (Å²) in [7, 11) is 1.04. The number of ether oxygens (including phenoxy) is 1. The molecule has 4 nitrogen and oxygen atoms in total. The van der Waals surface area contributed by atoms with Crippen LogP contribution in [-0.4, -0.2) is 31.1 Å². The van der Waals surface area contributed by atoms with Gasteiger partial charge < -0.3 is 4.74 Å². The Labute approximate surface area is 120 Å². The van der Waals surface area contributed by atoms with Crippen molar-refractivity contribution in [3.05, 3.63) is 0 Å². The quantitative estimate of drug-likeness (QED) is 0.296. The molecule has 0 amide bonds. The van der Waals surface area contributed by atoms with Gasteiger partial charge in [0.1, 0.15) is 12.0 Å². The predicted molar refractivity (Wildman–Crippen MR) is 67.7 cm³/mol. The number of hydrogen-bond acceptors (Lipinski definition) is 5. The largest absolute Gasteiger partial charge is 0.465 e. The van der Waals surface area contributed by atoms with Crippen molar-refractivity contribution >= 4 is 18.0 Å². The van der Waals surface area contributed by atoms with Gasteiger partial charge in [0.2, 0.25) is 0 Å². The molecule has 1 saturated carbocycles. The van der Waals surface area contributed by atoms with Crippen LogP contribution in [0.1, 0.15) is 38.5 Å². The molecule has 0 aromatic carbocycles. The van der Waals surface area contributed by atoms with Gasteiger partial charge in [-0.25, -0.2) is 9.28 Å². The molecule has 118 valence electrons. The molecule has 0 bridgehead atoms. The Balaban J connectivity index is 2.23. The summed E-state index contributed by atoms with van der Waals surface area (Å²) >= 11 is -0.397. The highest BCUT2D eigenvalue weighted by Gasteiger charge is 2.42. The smallest absolute Gasteiger partial charge is 0.351 e. The fraction of sp³-hybridized carbons (Fsp3) is 0.917. The van der Waals surface area contributed by atoms with Crippen LogP contribution in [-0.2, 0) is 18.8 Å². The molecule has 1 unspecified atom stereocenters. The Hall–Kier alpha value is -0.470. The molecule has 0 radical (unpaired) electrons. The van der Waals surface area contributed by atoms with Crippen molar-refractivity contribution in [3.8, 4) is 0 Å². The maximum absolute atomic E-state index is 13.3. The van der Waals surface area contributed by atoms with Gasteiger partial charge in [-0.2, -0.15) is 13.1 Å². The van der Waals surface area contributed by atoms with Crippen LogP contribution in [0.3, 0.4) is 0 Å². The second-order valence-corrected chi connectivity index (χ2v) is 5.49. The van der Waals surface area contributed by atoms with E-state index in [0.29, 0.717) is 0 Å². The first kappa shape index (κ1) is 17.6. The lowest BCUT2D eigenvalue weighted by atomic mass is 9.89. The Bertz CT molecular complexity index is 298. The Morgan fingerprint density at radius 2 is 2.00 bits per heavy atom. The van der Waals surface area contributed by atoms with Crippen molar-refractivity contribution in [1.29, 1.82) is 0 Å². The highest BCUT2D eigenvalue weighted by Crippen LogP contribution is 2.36. The molecule has 1 aliphatic carbocycles. The van der Waals surface area contributed by atoms with E-state index >= 15 is 0 Å². The van der Waals surface area contributed by atoms with Gasteiger partial charge in [-0.05, 0) is 12.8 Å². The normalized spacial score (nSPS) is 18.8. The minimum Gasteiger partial charge on any atom is -0.465 e. The standard InChI is InChI=1S/C12H19F3O4S/c1-17-19-20-12(14,15)10(13)7-8-18-11(16)9-5-3-2-4-6-9/h9-10H,2-8H2,1H3. The average Bonchev–Trinajstić information content (AvgIpc) is 2.45. The predicted octanol–water partition coefficient (Wildman–Crippen LogP) is 3.66. The summed E-state index contributed by atoms with van der Waals surface area (Å²) in [6, 6.07) is 0. The number of carbonyl (C=O) groups is 1. The van der Waals surface area contributed by atoms with E-state index in [1.807, 2.05) is 0 Å². The third kappa shape index (κ3) is 5.88. The van der Waals surface area contributed by atoms with E-state index in [1.54, 1.807) is 0 Å². The maximum Gasteiger partial charge on any atom is 0.351 e. The second kappa shape index (κ2) is 8.74. The summed E-state index contributed by atoms with van der Waals surface area (Å²) < 4.78 is 48.4. The van der Waals surface area contributed by atoms with Gasteiger partial charge in [0.25, 0.3) is 0 Å². The van der Waals surface area contributed by atoms with E-state index in [4.69, 9.17) is 4.74 Å². The summed E-state index contributed by atoms with van der Waals surface area (Å²) in [4.78, 5) is 15.6. The van der Waals surface area contributed by atoms with Crippen LogP contribution in [0.15, 0.2) is 0 Å². The minimum absolute atomic E-state index is 0.173. The highest BCUT2D eigenvalue weighted by molar-refractivity contribution is 7.95. The molecule has 0 saturated heterocycles. The first-order chi connectivity index (χ1) is 9.47. The van der Waals surface area contributed by atoms with E-state index < -0.39 is 35.9 Å². The lowest BCUT2D eigenvalue weighted by Gasteiger charge is -2.21. The molecule has 1 rings (SSSR count). The van der Waals surface area contributed by atoms with E-state index in [9.17, 15) is 18.0 Å². The van der Waals surface area contributed by atoms with Gasteiger partial charge in [-0.1, -0.05) is 19.3 Å². The second-order valence-electron chi connectivity index (χ2n) is 4.64. The Morgan fingerprint density at radius 1 is 1.35 bits per heavy atom. The zero-order valence-electron chi connectivity index (χ0n) is 11.3. The van der Waals surface area contributed by atoms with Crippen molar-refractivity contribution in [2.75, 3.05) is 13.7 Å². The summed E-state index contributed by atoms with van der Waals surface area (Å²) in [5.74, 6) is -0.588. The molecule has 1 atom stereocenters. The molecule has 0 heterocycles. The van der Waals surface area contributed by atoms with Gasteiger partial charge in [0, 0.05) is 6.42 Å². The first-order valence-corrected chi connectivity index (χ1v) is 7.28. The number of halogens is 3. The van der Waals surface area contributed by atoms with Crippen LogP contribution in [0.5, 0.6) is 0 Å². The van der Waals surface area contributed by atoms with Gasteiger partial charge in [-0.15, -0.1) is 0 Å². The number of carbonyl (C=O) groups excluding carboxylic acids is 1. The topological polar surface area (TPSA) is 44.8 Å². The summed E-state index contributed by atoms with van der Waals surface area (Å²) in [6.07, 6.45) is 1.49. The molecular weight excluding hydrogens is 297 g/mol. The van der Waals surface area contributed by atoms with Crippen molar-refractivity contribution < 1.29 is 31.9 Å². The third-order valence-corrected chi connectivity index (χ3v) is 3.81. The van der Waals surface area contributed by atoms with Crippen LogP contribution in [0, 0.1) is 5.92 Å². The number of hydrogen-bond donors (Lipinski definition) is 0. The zero-order chi connectivity index (χ0) is 15.0. The molecule has 0 aliphatic heterocycles. The number of alkyl halides is 3. The average molecular weight is 316 g/mol. The maximum atomic E-state index is 13.3. The van der Waals surface area contributed by atoms with Crippen molar-refractivity contribution in [3.63, 3.8) is 0 Å². The molecule has 0 N–H and O–H groups in total. The zero-order valence-corrected chi connectivity index (χ0v) is 12.1. The van der Waals surface area contributed by atoms with Crippen molar-refractivity contribution in [1.82, 2.24) is 0 Å². The van der Waals surface area contributed by atoms with Gasteiger partial charge in [0.05, 0.1) is 19.6 Å². The minimum atomic E-state index is -3.74. The molecule has 20 heavy (non-hydrogen) atoms. The van der Waals surface area contributed by atoms with Gasteiger partial charge in [0.15, 0.2) is 6.17 Å². The highest BCUT2D eigenvalue weighted by atomic mass is 32.2. The van der Waals surface area contributed by atoms with Gasteiger partial charge >= 0.3 is 11.2 Å². The molecule has 0 spiro atoms. The fourth-order valence-corrected chi connectivity index (χ4v) is 2.40. The number of esters is 1. The van der Waals surface area contributed by atoms with Crippen LogP contribution in [0.4, 0.5) is 13.2 Å². The molecule has 8 heteroatoms. The molecule has 0 aromatic rings. The van der Waals surface area contributed by atoms with E-state index in [0.717, 1.165) is 39.2 Å². The monoisotopic (exact) mass is 316 g/mol. The van der Waals surface area contributed by atoms with Crippen molar-refractivity contribution in [2.45, 2.75) is 50.0 Å². The number of rotatable bonds is 8. The summed E-state index contributed by atoms with van der Waals surface area (Å²) in [5, 5.41) is -3.74. The van der Waals surface area contributed by atoms with Gasteiger partial charge in [-0.3, -0.25) is 4.79 Å². The van der Waals surface area contributed by atoms with E-state index in [-0.39, 0.29) is 12.5 Å². The van der Waals surface area contributed by atoms with Crippen LogP contribution < -0.4 is 0 Å². The third-order valence-electron chi connectivity index (χ3n) is 3.13. The summed E-state index contributed by atoms with van der Waals surface area (Å²) in [5.41, 5.74) is 0. The Morgan fingerprint density at radius 3 is 2.60 bits per heavy atom. The van der Waals surface area contributed by atoms with Crippen LogP contribution in [0.2, 0.25) is 0 Å². The lowest BCUT2D eigenvalue weighted by molar-refractivity contribution is -0.169. The van der Waals surface area contributed by atoms with E-state index in [1.165, 1.54) is 0 Å². The Kier molecular flexibility index (Phi) is 7.68. The summed E-state index contributed by atoms with van der Waals surface area (Å²) in [6.45, 7) is -0.361. The first-order valence-electron chi connectivity index (χ1n) is 6.54. The van der Waals surface area contributed by atoms with Crippen LogP contribution in [0.25, 0.3) is 0 Å². The van der Waals surface area contributed by atoms with E-state index in [2.05, 4.69) is 9.22 Å². The molecule has 1 fully saturated rings.